The maximum atomic E-state index is 11.9. The SMILES string of the molecule is CCSc1ccc(C(C)NC(=O)[C@@H](N)C(C)C)cc1. The molecular formula is C15H24N2OS. The van der Waals surface area contributed by atoms with Gasteiger partial charge in [0.1, 0.15) is 0 Å². The van der Waals surface area contributed by atoms with Gasteiger partial charge in [0.15, 0.2) is 0 Å². The fraction of sp³-hybridized carbons (Fsp3) is 0.533. The molecule has 0 spiro atoms. The molecule has 1 unspecified atom stereocenters. The van der Waals surface area contributed by atoms with E-state index in [0.29, 0.717) is 0 Å². The van der Waals surface area contributed by atoms with Crippen molar-refractivity contribution >= 4 is 17.7 Å². The number of nitrogens with one attached hydrogen (secondary N) is 1. The number of thioether (sulfide) groups is 1. The van der Waals surface area contributed by atoms with Crippen LogP contribution < -0.4 is 11.1 Å². The highest BCUT2D eigenvalue weighted by Gasteiger charge is 2.19. The van der Waals surface area contributed by atoms with Gasteiger partial charge in [0, 0.05) is 4.90 Å². The summed E-state index contributed by atoms with van der Waals surface area (Å²) >= 11 is 1.81. The monoisotopic (exact) mass is 280 g/mol. The Morgan fingerprint density at radius 3 is 2.32 bits per heavy atom. The predicted molar refractivity (Wildman–Crippen MR) is 82.2 cm³/mol. The van der Waals surface area contributed by atoms with E-state index >= 15 is 0 Å². The zero-order valence-electron chi connectivity index (χ0n) is 12.1. The van der Waals surface area contributed by atoms with Crippen LogP contribution in [0, 0.1) is 5.92 Å². The lowest BCUT2D eigenvalue weighted by atomic mass is 10.0. The molecule has 1 aromatic carbocycles. The summed E-state index contributed by atoms with van der Waals surface area (Å²) in [6, 6.07) is 7.84. The molecule has 3 nitrogen and oxygen atoms in total. The zero-order chi connectivity index (χ0) is 14.4. The number of hydrogen-bond acceptors (Lipinski definition) is 3. The summed E-state index contributed by atoms with van der Waals surface area (Å²) in [5.41, 5.74) is 6.94. The zero-order valence-corrected chi connectivity index (χ0v) is 13.0. The van der Waals surface area contributed by atoms with Crippen LogP contribution in [0.25, 0.3) is 0 Å². The molecule has 2 atom stereocenters. The van der Waals surface area contributed by atoms with E-state index in [9.17, 15) is 4.79 Å². The van der Waals surface area contributed by atoms with E-state index in [-0.39, 0.29) is 17.9 Å². The van der Waals surface area contributed by atoms with Crippen molar-refractivity contribution in [3.63, 3.8) is 0 Å². The Morgan fingerprint density at radius 1 is 1.26 bits per heavy atom. The number of carbonyl (C=O) groups is 1. The third-order valence-corrected chi connectivity index (χ3v) is 3.97. The summed E-state index contributed by atoms with van der Waals surface area (Å²) in [6.07, 6.45) is 0. The number of benzene rings is 1. The molecule has 0 aliphatic rings. The molecule has 3 N–H and O–H groups in total. The van der Waals surface area contributed by atoms with Crippen LogP contribution in [-0.4, -0.2) is 17.7 Å². The average molecular weight is 280 g/mol. The Morgan fingerprint density at radius 2 is 1.84 bits per heavy atom. The van der Waals surface area contributed by atoms with Crippen molar-refractivity contribution in [1.29, 1.82) is 0 Å². The molecule has 1 rings (SSSR count). The van der Waals surface area contributed by atoms with Gasteiger partial charge in [0.05, 0.1) is 12.1 Å². The Kier molecular flexibility index (Phi) is 6.38. The van der Waals surface area contributed by atoms with Gasteiger partial charge in [0.2, 0.25) is 5.91 Å². The number of hydrogen-bond donors (Lipinski definition) is 2. The standard InChI is InChI=1S/C15H24N2OS/c1-5-19-13-8-6-12(7-9-13)11(4)17-15(18)14(16)10(2)3/h6-11,14H,5,16H2,1-4H3,(H,17,18)/t11?,14-/m0/s1. The molecular weight excluding hydrogens is 256 g/mol. The van der Waals surface area contributed by atoms with Crippen molar-refractivity contribution in [1.82, 2.24) is 5.32 Å². The Labute approximate surface area is 120 Å². The van der Waals surface area contributed by atoms with Crippen LogP contribution in [0.15, 0.2) is 29.2 Å². The number of amides is 1. The molecule has 0 aromatic heterocycles. The normalized spacial score (nSPS) is 14.2. The minimum Gasteiger partial charge on any atom is -0.348 e. The Hall–Kier alpha value is -1.00. The highest BCUT2D eigenvalue weighted by atomic mass is 32.2. The topological polar surface area (TPSA) is 55.1 Å². The molecule has 1 aromatic rings. The van der Waals surface area contributed by atoms with Gasteiger partial charge >= 0.3 is 0 Å². The highest BCUT2D eigenvalue weighted by molar-refractivity contribution is 7.99. The molecule has 0 bridgehead atoms. The molecule has 0 saturated heterocycles. The lowest BCUT2D eigenvalue weighted by Gasteiger charge is -2.20. The van der Waals surface area contributed by atoms with Crippen LogP contribution in [-0.2, 0) is 4.79 Å². The first-order valence-electron chi connectivity index (χ1n) is 6.74. The molecule has 0 heterocycles. The minimum absolute atomic E-state index is 0.0158. The molecule has 1 amide bonds. The van der Waals surface area contributed by atoms with E-state index < -0.39 is 6.04 Å². The van der Waals surface area contributed by atoms with E-state index in [4.69, 9.17) is 5.73 Å². The molecule has 0 aliphatic heterocycles. The van der Waals surface area contributed by atoms with E-state index in [2.05, 4.69) is 36.5 Å². The summed E-state index contributed by atoms with van der Waals surface area (Å²) in [5, 5.41) is 2.96. The van der Waals surface area contributed by atoms with Gasteiger partial charge in [-0.05, 0) is 36.3 Å². The third kappa shape index (κ3) is 4.88. The van der Waals surface area contributed by atoms with E-state index in [1.54, 1.807) is 0 Å². The fourth-order valence-electron chi connectivity index (χ4n) is 1.72. The summed E-state index contributed by atoms with van der Waals surface area (Å²) in [5.74, 6) is 1.12. The van der Waals surface area contributed by atoms with Gasteiger partial charge in [0.25, 0.3) is 0 Å². The van der Waals surface area contributed by atoms with Gasteiger partial charge < -0.3 is 11.1 Å². The second-order valence-corrected chi connectivity index (χ2v) is 6.34. The van der Waals surface area contributed by atoms with Crippen LogP contribution in [0.2, 0.25) is 0 Å². The van der Waals surface area contributed by atoms with E-state index in [1.165, 1.54) is 4.90 Å². The first-order chi connectivity index (χ1) is 8.95. The predicted octanol–water partition coefficient (Wildman–Crippen LogP) is 2.96. The maximum absolute atomic E-state index is 11.9. The fourth-order valence-corrected chi connectivity index (χ4v) is 2.38. The van der Waals surface area contributed by atoms with Crippen LogP contribution in [0.5, 0.6) is 0 Å². The summed E-state index contributed by atoms with van der Waals surface area (Å²) in [7, 11) is 0. The summed E-state index contributed by atoms with van der Waals surface area (Å²) in [6.45, 7) is 8.01. The van der Waals surface area contributed by atoms with Gasteiger partial charge in [-0.15, -0.1) is 11.8 Å². The van der Waals surface area contributed by atoms with Gasteiger partial charge in [-0.3, -0.25) is 4.79 Å². The van der Waals surface area contributed by atoms with Crippen molar-refractivity contribution in [2.45, 2.75) is 44.7 Å². The molecule has 19 heavy (non-hydrogen) atoms. The molecule has 106 valence electrons. The van der Waals surface area contributed by atoms with E-state index in [0.717, 1.165) is 11.3 Å². The Bertz CT molecular complexity index is 403. The van der Waals surface area contributed by atoms with Crippen LogP contribution in [0.3, 0.4) is 0 Å². The summed E-state index contributed by atoms with van der Waals surface area (Å²) < 4.78 is 0. The van der Waals surface area contributed by atoms with Crippen molar-refractivity contribution in [3.05, 3.63) is 29.8 Å². The van der Waals surface area contributed by atoms with Gasteiger partial charge in [-0.2, -0.15) is 0 Å². The third-order valence-electron chi connectivity index (χ3n) is 3.07. The average Bonchev–Trinajstić information content (AvgIpc) is 2.38. The first-order valence-corrected chi connectivity index (χ1v) is 7.73. The van der Waals surface area contributed by atoms with Crippen LogP contribution >= 0.6 is 11.8 Å². The maximum Gasteiger partial charge on any atom is 0.237 e. The Balaban J connectivity index is 2.62. The van der Waals surface area contributed by atoms with Crippen molar-refractivity contribution in [2.24, 2.45) is 11.7 Å². The van der Waals surface area contributed by atoms with Crippen molar-refractivity contribution in [3.8, 4) is 0 Å². The minimum atomic E-state index is -0.447. The number of carbonyl (C=O) groups excluding carboxylic acids is 1. The number of nitrogens with two attached hydrogens (primary N) is 1. The van der Waals surface area contributed by atoms with E-state index in [1.807, 2.05) is 32.5 Å². The lowest BCUT2D eigenvalue weighted by molar-refractivity contribution is -0.123. The molecule has 0 saturated carbocycles. The van der Waals surface area contributed by atoms with Gasteiger partial charge in [-0.25, -0.2) is 0 Å². The molecule has 4 heteroatoms. The second-order valence-electron chi connectivity index (χ2n) is 5.00. The summed E-state index contributed by atoms with van der Waals surface area (Å²) in [4.78, 5) is 13.2. The lowest BCUT2D eigenvalue weighted by Crippen LogP contribution is -2.44. The van der Waals surface area contributed by atoms with Crippen LogP contribution in [0.1, 0.15) is 39.3 Å². The van der Waals surface area contributed by atoms with Gasteiger partial charge in [-0.1, -0.05) is 32.9 Å². The van der Waals surface area contributed by atoms with Crippen LogP contribution in [0.4, 0.5) is 0 Å². The highest BCUT2D eigenvalue weighted by Crippen LogP contribution is 2.20. The number of rotatable bonds is 6. The van der Waals surface area contributed by atoms with Crippen molar-refractivity contribution in [2.75, 3.05) is 5.75 Å². The molecule has 0 aliphatic carbocycles. The molecule has 0 fully saturated rings. The first kappa shape index (κ1) is 16.1. The largest absolute Gasteiger partial charge is 0.348 e. The molecule has 0 radical (unpaired) electrons. The van der Waals surface area contributed by atoms with Crippen molar-refractivity contribution < 1.29 is 4.79 Å². The smallest absolute Gasteiger partial charge is 0.237 e. The second kappa shape index (κ2) is 7.56. The quantitative estimate of drug-likeness (QED) is 0.788.